The van der Waals surface area contributed by atoms with Crippen molar-refractivity contribution in [1.29, 1.82) is 0 Å². The van der Waals surface area contributed by atoms with Gasteiger partial charge in [-0.2, -0.15) is 10.1 Å². The minimum atomic E-state index is -0.0498. The molecule has 0 radical (unpaired) electrons. The second-order valence-electron chi connectivity index (χ2n) is 12.4. The van der Waals surface area contributed by atoms with Gasteiger partial charge in [0.1, 0.15) is 16.8 Å². The molecule has 3 aliphatic carbocycles. The number of anilines is 2. The number of nitrogens with one attached hydrogen (secondary N) is 2. The van der Waals surface area contributed by atoms with E-state index in [-0.39, 0.29) is 17.9 Å². The highest BCUT2D eigenvalue weighted by Gasteiger charge is 2.52. The van der Waals surface area contributed by atoms with Crippen LogP contribution in [0.25, 0.3) is 11.0 Å². The van der Waals surface area contributed by atoms with Crippen LogP contribution in [0.3, 0.4) is 0 Å². The lowest BCUT2D eigenvalue weighted by molar-refractivity contribution is -0.0625. The molecule has 0 bridgehead atoms. The number of amides is 1. The smallest absolute Gasteiger partial charge is 0.251 e. The number of nitrogen functional groups attached to an aromatic ring is 1. The Kier molecular flexibility index (Phi) is 5.34. The Balaban J connectivity index is 1.05. The fourth-order valence-corrected chi connectivity index (χ4v) is 7.29. The first kappa shape index (κ1) is 23.7. The number of methoxy groups -OCH3 is 1. The zero-order chi connectivity index (χ0) is 26.1. The van der Waals surface area contributed by atoms with Crippen LogP contribution < -0.4 is 21.1 Å². The Morgan fingerprint density at radius 2 is 1.95 bits per heavy atom. The van der Waals surface area contributed by atoms with E-state index in [9.17, 15) is 4.79 Å². The Labute approximate surface area is 222 Å². The van der Waals surface area contributed by atoms with Gasteiger partial charge in [0, 0.05) is 36.8 Å². The fraction of sp³-hybridized carbons (Fsp3) is 0.571. The predicted molar refractivity (Wildman–Crippen MR) is 145 cm³/mol. The van der Waals surface area contributed by atoms with E-state index in [1.54, 1.807) is 13.3 Å². The summed E-state index contributed by atoms with van der Waals surface area (Å²) in [5.41, 5.74) is 10.2. The second kappa shape index (κ2) is 8.56. The van der Waals surface area contributed by atoms with Gasteiger partial charge in [-0.3, -0.25) is 9.48 Å². The number of carbonyl (C=O) groups is 1. The maximum Gasteiger partial charge on any atom is 0.251 e. The van der Waals surface area contributed by atoms with Crippen molar-refractivity contribution in [1.82, 2.24) is 30.0 Å². The van der Waals surface area contributed by atoms with Crippen molar-refractivity contribution >= 4 is 28.7 Å². The molecule has 0 atom stereocenters. The zero-order valence-corrected chi connectivity index (χ0v) is 22.2. The number of nitrogens with two attached hydrogens (primary N) is 1. The normalized spacial score (nSPS) is 23.1. The maximum absolute atomic E-state index is 12.9. The first-order valence-electron chi connectivity index (χ1n) is 13.7. The van der Waals surface area contributed by atoms with Crippen LogP contribution in [0, 0.1) is 16.7 Å². The maximum atomic E-state index is 12.9. The molecule has 2 aromatic heterocycles. The number of fused-ring (bicyclic) bond motifs is 1. The number of aromatic nitrogens is 4. The van der Waals surface area contributed by atoms with Crippen molar-refractivity contribution < 1.29 is 9.53 Å². The summed E-state index contributed by atoms with van der Waals surface area (Å²) in [6, 6.07) is 5.88. The number of nitrogens with zero attached hydrogens (tertiary/aromatic N) is 5. The van der Waals surface area contributed by atoms with E-state index in [2.05, 4.69) is 37.6 Å². The number of ether oxygens (including phenoxy) is 1. The van der Waals surface area contributed by atoms with Crippen molar-refractivity contribution in [3.05, 3.63) is 35.5 Å². The van der Waals surface area contributed by atoms with Gasteiger partial charge in [0.25, 0.3) is 5.91 Å². The molecule has 1 aliphatic heterocycles. The number of benzene rings is 1. The molecule has 1 saturated heterocycles. The Hall–Kier alpha value is -3.40. The average molecular weight is 517 g/mol. The molecule has 200 valence electrons. The van der Waals surface area contributed by atoms with E-state index < -0.39 is 0 Å². The fourth-order valence-electron chi connectivity index (χ4n) is 7.29. The summed E-state index contributed by atoms with van der Waals surface area (Å²) in [7, 11) is 3.78. The van der Waals surface area contributed by atoms with E-state index in [0.717, 1.165) is 43.6 Å². The zero-order valence-electron chi connectivity index (χ0n) is 22.2. The van der Waals surface area contributed by atoms with E-state index in [4.69, 9.17) is 10.5 Å². The molecule has 4 N–H and O–H groups in total. The Morgan fingerprint density at radius 3 is 2.66 bits per heavy atom. The largest absolute Gasteiger partial charge is 0.496 e. The molecule has 4 fully saturated rings. The van der Waals surface area contributed by atoms with Crippen molar-refractivity contribution in [2.24, 2.45) is 16.7 Å². The molecule has 4 aliphatic rings. The summed E-state index contributed by atoms with van der Waals surface area (Å²) in [5, 5.41) is 11.3. The molecule has 38 heavy (non-hydrogen) atoms. The van der Waals surface area contributed by atoms with Gasteiger partial charge in [-0.25, -0.2) is 4.98 Å². The molecule has 3 heterocycles. The summed E-state index contributed by atoms with van der Waals surface area (Å²) >= 11 is 0. The number of hydrogen-bond acceptors (Lipinski definition) is 8. The molecule has 3 aromatic rings. The van der Waals surface area contributed by atoms with Crippen LogP contribution in [-0.4, -0.2) is 70.4 Å². The van der Waals surface area contributed by atoms with Gasteiger partial charge in [0.2, 0.25) is 5.95 Å². The lowest BCUT2D eigenvalue weighted by atomic mass is 9.61. The van der Waals surface area contributed by atoms with Crippen molar-refractivity contribution in [3.63, 3.8) is 0 Å². The van der Waals surface area contributed by atoms with Gasteiger partial charge >= 0.3 is 0 Å². The standard InChI is InChI=1S/C28H36N8O2/c1-35-15-28(16-35)10-20(11-28)32-25(37)18-3-4-19(22(7-18)38-2)14-36-23-21(13-31-36)33-26(29)34-24(23)30-12-17-8-27(9-17)5-6-27/h3-4,7,13,17,20H,5-6,8-12,14-16H2,1-2H3,(H,32,37)(H3,29,30,33,34). The third kappa shape index (κ3) is 4.15. The highest BCUT2D eigenvalue weighted by molar-refractivity contribution is 5.95. The number of carbonyl (C=O) groups excluding carboxylic acids is 1. The molecule has 3 saturated carbocycles. The van der Waals surface area contributed by atoms with E-state index in [1.165, 1.54) is 25.7 Å². The van der Waals surface area contributed by atoms with Gasteiger partial charge in [-0.15, -0.1) is 0 Å². The molecule has 1 amide bonds. The SMILES string of the molecule is COc1cc(C(=O)NC2CC3(C2)CN(C)C3)ccc1Cn1ncc2nc(N)nc(NCC3CC4(CC4)C3)c21. The van der Waals surface area contributed by atoms with Crippen LogP contribution in [0.5, 0.6) is 5.75 Å². The third-order valence-electron chi connectivity index (χ3n) is 9.24. The summed E-state index contributed by atoms with van der Waals surface area (Å²) < 4.78 is 7.57. The van der Waals surface area contributed by atoms with Gasteiger partial charge in [0.15, 0.2) is 5.82 Å². The highest BCUT2D eigenvalue weighted by Crippen LogP contribution is 2.63. The van der Waals surface area contributed by atoms with Crippen molar-refractivity contribution in [2.45, 2.75) is 51.1 Å². The van der Waals surface area contributed by atoms with Crippen LogP contribution in [0.2, 0.25) is 0 Å². The van der Waals surface area contributed by atoms with Gasteiger partial charge in [-0.1, -0.05) is 6.07 Å². The van der Waals surface area contributed by atoms with E-state index >= 15 is 0 Å². The first-order chi connectivity index (χ1) is 18.3. The van der Waals surface area contributed by atoms with Crippen LogP contribution in [0.4, 0.5) is 11.8 Å². The quantitative estimate of drug-likeness (QED) is 0.418. The minimum Gasteiger partial charge on any atom is -0.496 e. The van der Waals surface area contributed by atoms with Crippen LogP contribution in [0.1, 0.15) is 54.4 Å². The Bertz CT molecular complexity index is 1390. The minimum absolute atomic E-state index is 0.0498. The topological polar surface area (TPSA) is 123 Å². The average Bonchev–Trinajstić information content (AvgIpc) is 3.54. The predicted octanol–water partition coefficient (Wildman–Crippen LogP) is 2.89. The lowest BCUT2D eigenvalue weighted by Gasteiger charge is -2.58. The van der Waals surface area contributed by atoms with Crippen molar-refractivity contribution in [3.8, 4) is 5.75 Å². The van der Waals surface area contributed by atoms with E-state index in [1.807, 2.05) is 22.9 Å². The molecule has 10 nitrogen and oxygen atoms in total. The van der Waals surface area contributed by atoms with Gasteiger partial charge < -0.3 is 26.0 Å². The van der Waals surface area contributed by atoms with Gasteiger partial charge in [0.05, 0.1) is 19.9 Å². The monoisotopic (exact) mass is 516 g/mol. The second-order valence-corrected chi connectivity index (χ2v) is 12.4. The third-order valence-corrected chi connectivity index (χ3v) is 9.24. The number of likely N-dealkylation sites (tertiary alicyclic amines) is 1. The summed E-state index contributed by atoms with van der Waals surface area (Å²) in [6.45, 7) is 3.62. The lowest BCUT2D eigenvalue weighted by Crippen LogP contribution is -2.65. The Morgan fingerprint density at radius 1 is 1.16 bits per heavy atom. The summed E-state index contributed by atoms with van der Waals surface area (Å²) in [5.74, 6) is 2.24. The summed E-state index contributed by atoms with van der Waals surface area (Å²) in [4.78, 5) is 24.2. The number of rotatable bonds is 8. The molecular formula is C28H36N8O2. The molecule has 0 unspecified atom stereocenters. The molecule has 2 spiro atoms. The highest BCUT2D eigenvalue weighted by atomic mass is 16.5. The molecule has 10 heteroatoms. The van der Waals surface area contributed by atoms with Gasteiger partial charge in [-0.05, 0) is 74.5 Å². The molecule has 7 rings (SSSR count). The molecule has 1 aromatic carbocycles. The van der Waals surface area contributed by atoms with E-state index in [0.29, 0.717) is 45.9 Å². The number of hydrogen-bond donors (Lipinski definition) is 3. The van der Waals surface area contributed by atoms with Crippen molar-refractivity contribution in [2.75, 3.05) is 44.8 Å². The van der Waals surface area contributed by atoms with Crippen LogP contribution >= 0.6 is 0 Å². The van der Waals surface area contributed by atoms with Crippen LogP contribution in [-0.2, 0) is 6.54 Å². The molecular weight excluding hydrogens is 480 g/mol. The summed E-state index contributed by atoms with van der Waals surface area (Å²) in [6.07, 6.45) is 9.24. The van der Waals surface area contributed by atoms with Crippen LogP contribution in [0.15, 0.2) is 24.4 Å². The first-order valence-corrected chi connectivity index (χ1v) is 13.7.